The number of carbonyl (C=O) groups is 1. The molecule has 2 aliphatic rings. The van der Waals surface area contributed by atoms with Gasteiger partial charge in [0.15, 0.2) is 0 Å². The van der Waals surface area contributed by atoms with Crippen LogP contribution in [0.2, 0.25) is 0 Å². The van der Waals surface area contributed by atoms with E-state index in [2.05, 4.69) is 34.5 Å². The van der Waals surface area contributed by atoms with Crippen LogP contribution in [0.15, 0.2) is 0 Å². The molecule has 5 nitrogen and oxygen atoms in total. The molecule has 0 aromatic rings. The van der Waals surface area contributed by atoms with Crippen molar-refractivity contribution in [1.29, 1.82) is 0 Å². The summed E-state index contributed by atoms with van der Waals surface area (Å²) in [5, 5.41) is 6.40. The van der Waals surface area contributed by atoms with Crippen LogP contribution in [0.4, 0.5) is 0 Å². The molecule has 0 bridgehead atoms. The second kappa shape index (κ2) is 5.12. The minimum Gasteiger partial charge on any atom is -0.351 e. The standard InChI is InChI=1S/C11H22N4O/c1-14-5-3-9(7-14)13-11(16)10-8-15(2)6-4-12-10/h9-10,12H,3-8H2,1-2H3,(H,13,16). The van der Waals surface area contributed by atoms with E-state index in [0.717, 1.165) is 39.1 Å². The maximum absolute atomic E-state index is 12.0. The molecular weight excluding hydrogens is 204 g/mol. The van der Waals surface area contributed by atoms with Crippen LogP contribution in [0.1, 0.15) is 6.42 Å². The Bertz CT molecular complexity index is 258. The van der Waals surface area contributed by atoms with Gasteiger partial charge in [0.1, 0.15) is 0 Å². The number of hydrogen-bond donors (Lipinski definition) is 2. The smallest absolute Gasteiger partial charge is 0.238 e. The van der Waals surface area contributed by atoms with Gasteiger partial charge in [-0.05, 0) is 27.1 Å². The van der Waals surface area contributed by atoms with Gasteiger partial charge in [-0.2, -0.15) is 0 Å². The highest BCUT2D eigenvalue weighted by atomic mass is 16.2. The normalized spacial score (nSPS) is 32.9. The summed E-state index contributed by atoms with van der Waals surface area (Å²) in [5.74, 6) is 0.159. The van der Waals surface area contributed by atoms with E-state index in [-0.39, 0.29) is 11.9 Å². The number of likely N-dealkylation sites (N-methyl/N-ethyl adjacent to an activating group) is 2. The molecule has 2 saturated heterocycles. The predicted octanol–water partition coefficient (Wildman–Crippen LogP) is -1.29. The largest absolute Gasteiger partial charge is 0.351 e. The van der Waals surface area contributed by atoms with Crippen molar-refractivity contribution in [2.45, 2.75) is 18.5 Å². The third-order valence-electron chi connectivity index (χ3n) is 3.43. The zero-order valence-corrected chi connectivity index (χ0v) is 10.2. The Balaban J connectivity index is 1.78. The average molecular weight is 226 g/mol. The molecule has 5 heteroatoms. The zero-order chi connectivity index (χ0) is 11.5. The summed E-state index contributed by atoms with van der Waals surface area (Å²) in [6, 6.07) is 0.302. The van der Waals surface area contributed by atoms with Crippen molar-refractivity contribution in [3.8, 4) is 0 Å². The number of likely N-dealkylation sites (tertiary alicyclic amines) is 1. The van der Waals surface area contributed by atoms with Crippen LogP contribution < -0.4 is 10.6 Å². The predicted molar refractivity (Wildman–Crippen MR) is 63.3 cm³/mol. The van der Waals surface area contributed by atoms with Gasteiger partial charge in [-0.3, -0.25) is 4.79 Å². The molecule has 0 radical (unpaired) electrons. The second-order valence-corrected chi connectivity index (χ2v) is 5.03. The summed E-state index contributed by atoms with van der Waals surface area (Å²) in [6.07, 6.45) is 1.07. The van der Waals surface area contributed by atoms with E-state index in [1.54, 1.807) is 0 Å². The number of amides is 1. The molecular formula is C11H22N4O. The van der Waals surface area contributed by atoms with Gasteiger partial charge >= 0.3 is 0 Å². The first-order valence-electron chi connectivity index (χ1n) is 6.06. The lowest BCUT2D eigenvalue weighted by atomic mass is 10.2. The Morgan fingerprint density at radius 1 is 1.25 bits per heavy atom. The van der Waals surface area contributed by atoms with Crippen LogP contribution in [0.3, 0.4) is 0 Å². The van der Waals surface area contributed by atoms with E-state index in [9.17, 15) is 4.79 Å². The number of rotatable bonds is 2. The Labute approximate surface area is 97.2 Å². The molecule has 0 aliphatic carbocycles. The van der Waals surface area contributed by atoms with Crippen LogP contribution >= 0.6 is 0 Å². The van der Waals surface area contributed by atoms with Crippen molar-refractivity contribution in [2.75, 3.05) is 46.8 Å². The third kappa shape index (κ3) is 2.93. The highest BCUT2D eigenvalue weighted by Crippen LogP contribution is 2.06. The van der Waals surface area contributed by atoms with Gasteiger partial charge in [0, 0.05) is 32.2 Å². The number of carbonyl (C=O) groups excluding carboxylic acids is 1. The van der Waals surface area contributed by atoms with E-state index in [1.807, 2.05) is 0 Å². The third-order valence-corrected chi connectivity index (χ3v) is 3.43. The van der Waals surface area contributed by atoms with Crippen molar-refractivity contribution in [3.05, 3.63) is 0 Å². The molecule has 2 rings (SSSR count). The lowest BCUT2D eigenvalue weighted by Crippen LogP contribution is -2.57. The van der Waals surface area contributed by atoms with Crippen LogP contribution in [-0.4, -0.2) is 74.6 Å². The zero-order valence-electron chi connectivity index (χ0n) is 10.2. The molecule has 2 unspecified atom stereocenters. The Hall–Kier alpha value is -0.650. The molecule has 0 spiro atoms. The molecule has 2 aliphatic heterocycles. The summed E-state index contributed by atoms with van der Waals surface area (Å²) in [7, 11) is 4.16. The summed E-state index contributed by atoms with van der Waals surface area (Å²) < 4.78 is 0. The molecule has 2 N–H and O–H groups in total. The van der Waals surface area contributed by atoms with Crippen LogP contribution in [-0.2, 0) is 4.79 Å². The highest BCUT2D eigenvalue weighted by molar-refractivity contribution is 5.82. The van der Waals surface area contributed by atoms with Crippen LogP contribution in [0.25, 0.3) is 0 Å². The lowest BCUT2D eigenvalue weighted by Gasteiger charge is -2.30. The van der Waals surface area contributed by atoms with Crippen molar-refractivity contribution in [3.63, 3.8) is 0 Å². The fourth-order valence-corrected chi connectivity index (χ4v) is 2.43. The van der Waals surface area contributed by atoms with Gasteiger partial charge in [0.25, 0.3) is 0 Å². The second-order valence-electron chi connectivity index (χ2n) is 5.03. The van der Waals surface area contributed by atoms with Gasteiger partial charge in [-0.1, -0.05) is 0 Å². The van der Waals surface area contributed by atoms with Crippen LogP contribution in [0.5, 0.6) is 0 Å². The average Bonchev–Trinajstić information content (AvgIpc) is 2.64. The van der Waals surface area contributed by atoms with Crippen molar-refractivity contribution in [1.82, 2.24) is 20.4 Å². The Morgan fingerprint density at radius 3 is 2.62 bits per heavy atom. The first kappa shape index (κ1) is 11.8. The number of nitrogens with one attached hydrogen (secondary N) is 2. The summed E-state index contributed by atoms with van der Waals surface area (Å²) in [4.78, 5) is 16.4. The maximum Gasteiger partial charge on any atom is 0.238 e. The summed E-state index contributed by atoms with van der Waals surface area (Å²) in [6.45, 7) is 4.81. The summed E-state index contributed by atoms with van der Waals surface area (Å²) >= 11 is 0. The van der Waals surface area contributed by atoms with E-state index in [0.29, 0.717) is 6.04 Å². The number of hydrogen-bond acceptors (Lipinski definition) is 4. The van der Waals surface area contributed by atoms with Crippen molar-refractivity contribution in [2.24, 2.45) is 0 Å². The van der Waals surface area contributed by atoms with Crippen molar-refractivity contribution < 1.29 is 4.79 Å². The van der Waals surface area contributed by atoms with Gasteiger partial charge < -0.3 is 20.4 Å². The van der Waals surface area contributed by atoms with Crippen LogP contribution in [0, 0.1) is 0 Å². The van der Waals surface area contributed by atoms with Gasteiger partial charge in [-0.15, -0.1) is 0 Å². The van der Waals surface area contributed by atoms with E-state index in [4.69, 9.17) is 0 Å². The monoisotopic (exact) mass is 226 g/mol. The topological polar surface area (TPSA) is 47.6 Å². The molecule has 1 amide bonds. The van der Waals surface area contributed by atoms with E-state index in [1.165, 1.54) is 0 Å². The number of nitrogens with zero attached hydrogens (tertiary/aromatic N) is 2. The fourth-order valence-electron chi connectivity index (χ4n) is 2.43. The SMILES string of the molecule is CN1CCC(NC(=O)C2CN(C)CCN2)C1. The molecule has 16 heavy (non-hydrogen) atoms. The van der Waals surface area contributed by atoms with E-state index < -0.39 is 0 Å². The molecule has 2 heterocycles. The first-order chi connectivity index (χ1) is 7.65. The van der Waals surface area contributed by atoms with Crippen molar-refractivity contribution >= 4 is 5.91 Å². The molecule has 0 saturated carbocycles. The maximum atomic E-state index is 12.0. The fraction of sp³-hybridized carbons (Fsp3) is 0.909. The number of piperazine rings is 1. The Kier molecular flexibility index (Phi) is 3.78. The highest BCUT2D eigenvalue weighted by Gasteiger charge is 2.27. The molecule has 0 aromatic heterocycles. The van der Waals surface area contributed by atoms with Gasteiger partial charge in [0.2, 0.25) is 5.91 Å². The van der Waals surface area contributed by atoms with Gasteiger partial charge in [0.05, 0.1) is 6.04 Å². The minimum absolute atomic E-state index is 0.0374. The summed E-state index contributed by atoms with van der Waals surface area (Å²) in [5.41, 5.74) is 0. The molecule has 2 fully saturated rings. The Morgan fingerprint density at radius 2 is 2.00 bits per heavy atom. The molecule has 2 atom stereocenters. The lowest BCUT2D eigenvalue weighted by molar-refractivity contribution is -0.124. The first-order valence-corrected chi connectivity index (χ1v) is 6.06. The quantitative estimate of drug-likeness (QED) is 0.615. The van der Waals surface area contributed by atoms with Gasteiger partial charge in [-0.25, -0.2) is 0 Å². The minimum atomic E-state index is -0.0374. The van der Waals surface area contributed by atoms with E-state index >= 15 is 0 Å². The molecule has 92 valence electrons. The molecule has 0 aromatic carbocycles.